The van der Waals surface area contributed by atoms with Gasteiger partial charge in [-0.2, -0.15) is 4.98 Å². The van der Waals surface area contributed by atoms with Gasteiger partial charge in [0, 0.05) is 19.3 Å². The molecule has 4 nitrogen and oxygen atoms in total. The maximum absolute atomic E-state index is 4.71. The number of para-hydroxylation sites is 2. The summed E-state index contributed by atoms with van der Waals surface area (Å²) in [4.78, 5) is 11.7. The fourth-order valence-corrected chi connectivity index (χ4v) is 2.84. The minimum Gasteiger partial charge on any atom is -0.356 e. The second-order valence-electron chi connectivity index (χ2n) is 5.10. The van der Waals surface area contributed by atoms with Crippen molar-refractivity contribution in [3.8, 4) is 0 Å². The lowest BCUT2D eigenvalue weighted by atomic mass is 10.1. The summed E-state index contributed by atoms with van der Waals surface area (Å²) in [5, 5.41) is 0. The van der Waals surface area contributed by atoms with Crippen molar-refractivity contribution >= 4 is 22.6 Å². The van der Waals surface area contributed by atoms with Gasteiger partial charge in [-0.05, 0) is 37.5 Å². The van der Waals surface area contributed by atoms with E-state index in [-0.39, 0.29) is 0 Å². The van der Waals surface area contributed by atoms with Crippen molar-refractivity contribution in [3.63, 3.8) is 0 Å². The molecule has 2 aromatic heterocycles. The number of imidazole rings is 1. The lowest BCUT2D eigenvalue weighted by molar-refractivity contribution is 0.573. The average molecular weight is 252 g/mol. The first-order valence-corrected chi connectivity index (χ1v) is 6.91. The first-order chi connectivity index (χ1) is 9.42. The van der Waals surface area contributed by atoms with Gasteiger partial charge in [0.2, 0.25) is 5.78 Å². The summed E-state index contributed by atoms with van der Waals surface area (Å²) in [6.45, 7) is 2.23. The zero-order valence-electron chi connectivity index (χ0n) is 10.8. The lowest BCUT2D eigenvalue weighted by Gasteiger charge is -2.27. The minimum absolute atomic E-state index is 0.796. The number of piperidine rings is 1. The Labute approximate surface area is 111 Å². The maximum Gasteiger partial charge on any atom is 0.236 e. The smallest absolute Gasteiger partial charge is 0.236 e. The largest absolute Gasteiger partial charge is 0.356 e. The zero-order valence-corrected chi connectivity index (χ0v) is 10.8. The molecule has 1 aliphatic heterocycles. The van der Waals surface area contributed by atoms with Crippen LogP contribution in [0.1, 0.15) is 19.3 Å². The van der Waals surface area contributed by atoms with E-state index in [1.165, 1.54) is 19.3 Å². The van der Waals surface area contributed by atoms with Gasteiger partial charge in [0.1, 0.15) is 5.82 Å². The predicted molar refractivity (Wildman–Crippen MR) is 76.6 cm³/mol. The van der Waals surface area contributed by atoms with Crippen molar-refractivity contribution in [2.45, 2.75) is 19.3 Å². The van der Waals surface area contributed by atoms with Gasteiger partial charge in [-0.25, -0.2) is 4.98 Å². The molecule has 4 heteroatoms. The lowest BCUT2D eigenvalue weighted by Crippen LogP contribution is -2.30. The van der Waals surface area contributed by atoms with Crippen LogP contribution in [-0.2, 0) is 0 Å². The third-order valence-electron chi connectivity index (χ3n) is 3.84. The quantitative estimate of drug-likeness (QED) is 0.667. The molecule has 1 fully saturated rings. The minimum atomic E-state index is 0.796. The number of hydrogen-bond acceptors (Lipinski definition) is 3. The summed E-state index contributed by atoms with van der Waals surface area (Å²) >= 11 is 0. The molecule has 0 bridgehead atoms. The Balaban J connectivity index is 1.84. The average Bonchev–Trinajstić information content (AvgIpc) is 2.86. The fourth-order valence-electron chi connectivity index (χ4n) is 2.84. The molecule has 96 valence electrons. The highest BCUT2D eigenvalue weighted by Crippen LogP contribution is 2.20. The first kappa shape index (κ1) is 10.8. The number of aromatic nitrogens is 3. The van der Waals surface area contributed by atoms with Crippen LogP contribution in [0.25, 0.3) is 16.8 Å². The van der Waals surface area contributed by atoms with E-state index in [2.05, 4.69) is 32.6 Å². The molecule has 1 aliphatic rings. The van der Waals surface area contributed by atoms with Gasteiger partial charge >= 0.3 is 0 Å². The number of benzene rings is 1. The Bertz CT molecular complexity index is 725. The number of fused-ring (bicyclic) bond motifs is 3. The van der Waals surface area contributed by atoms with Gasteiger partial charge in [0.05, 0.1) is 11.0 Å². The van der Waals surface area contributed by atoms with Crippen molar-refractivity contribution in [1.29, 1.82) is 0 Å². The van der Waals surface area contributed by atoms with Crippen LogP contribution in [-0.4, -0.2) is 27.5 Å². The maximum atomic E-state index is 4.71. The second kappa shape index (κ2) is 4.23. The van der Waals surface area contributed by atoms with E-state index in [9.17, 15) is 0 Å². The summed E-state index contributed by atoms with van der Waals surface area (Å²) in [6, 6.07) is 10.3. The van der Waals surface area contributed by atoms with Gasteiger partial charge in [0.15, 0.2) is 0 Å². The molecule has 0 radical (unpaired) electrons. The van der Waals surface area contributed by atoms with Crippen molar-refractivity contribution in [3.05, 3.63) is 36.5 Å². The van der Waals surface area contributed by atoms with Crippen LogP contribution in [0.2, 0.25) is 0 Å². The molecule has 0 amide bonds. The monoisotopic (exact) mass is 252 g/mol. The summed E-state index contributed by atoms with van der Waals surface area (Å²) < 4.78 is 2.06. The topological polar surface area (TPSA) is 33.4 Å². The van der Waals surface area contributed by atoms with E-state index in [1.54, 1.807) is 0 Å². The van der Waals surface area contributed by atoms with E-state index in [1.807, 2.05) is 18.2 Å². The molecule has 3 heterocycles. The van der Waals surface area contributed by atoms with Crippen molar-refractivity contribution in [2.24, 2.45) is 0 Å². The van der Waals surface area contributed by atoms with Gasteiger partial charge in [-0.3, -0.25) is 4.40 Å². The van der Waals surface area contributed by atoms with Gasteiger partial charge < -0.3 is 4.90 Å². The van der Waals surface area contributed by atoms with E-state index in [4.69, 9.17) is 4.98 Å². The Morgan fingerprint density at radius 1 is 0.895 bits per heavy atom. The molecule has 0 atom stereocenters. The third-order valence-corrected chi connectivity index (χ3v) is 3.84. The van der Waals surface area contributed by atoms with Gasteiger partial charge in [0.25, 0.3) is 0 Å². The molecular formula is C15H16N4. The van der Waals surface area contributed by atoms with E-state index < -0.39 is 0 Å². The predicted octanol–water partition coefficient (Wildman–Crippen LogP) is 2.87. The number of nitrogens with zero attached hydrogens (tertiary/aromatic N) is 4. The van der Waals surface area contributed by atoms with Crippen LogP contribution < -0.4 is 4.90 Å². The normalized spacial score (nSPS) is 16.3. The second-order valence-corrected chi connectivity index (χ2v) is 5.10. The first-order valence-electron chi connectivity index (χ1n) is 6.91. The van der Waals surface area contributed by atoms with Crippen LogP contribution in [0.15, 0.2) is 36.5 Å². The number of rotatable bonds is 1. The Morgan fingerprint density at radius 3 is 2.63 bits per heavy atom. The zero-order chi connectivity index (χ0) is 12.7. The van der Waals surface area contributed by atoms with E-state index in [0.717, 1.165) is 35.7 Å². The highest BCUT2D eigenvalue weighted by molar-refractivity contribution is 5.79. The molecule has 19 heavy (non-hydrogen) atoms. The molecule has 0 unspecified atom stereocenters. The van der Waals surface area contributed by atoms with Gasteiger partial charge in [-0.1, -0.05) is 12.1 Å². The molecule has 1 saturated heterocycles. The molecular weight excluding hydrogens is 236 g/mol. The summed E-state index contributed by atoms with van der Waals surface area (Å²) in [5.41, 5.74) is 2.13. The van der Waals surface area contributed by atoms with E-state index >= 15 is 0 Å². The molecule has 0 spiro atoms. The molecule has 1 aromatic carbocycles. The van der Waals surface area contributed by atoms with E-state index in [0.29, 0.717) is 0 Å². The summed E-state index contributed by atoms with van der Waals surface area (Å²) in [6.07, 6.45) is 5.96. The standard InChI is InChI=1S/C15H16N4/c1-4-9-18(10-5-1)14-8-11-19-13-7-3-2-6-12(13)16-15(19)17-14/h2-3,6-8,11H,1,4-5,9-10H2. The van der Waals surface area contributed by atoms with Crippen LogP contribution in [0, 0.1) is 0 Å². The van der Waals surface area contributed by atoms with Crippen LogP contribution >= 0.6 is 0 Å². The molecule has 0 N–H and O–H groups in total. The highest BCUT2D eigenvalue weighted by Gasteiger charge is 2.13. The molecule has 0 saturated carbocycles. The Morgan fingerprint density at radius 2 is 1.74 bits per heavy atom. The molecule has 4 rings (SSSR count). The summed E-state index contributed by atoms with van der Waals surface area (Å²) in [5.74, 6) is 1.85. The highest BCUT2D eigenvalue weighted by atomic mass is 15.2. The Hall–Kier alpha value is -2.10. The summed E-state index contributed by atoms with van der Waals surface area (Å²) in [7, 11) is 0. The van der Waals surface area contributed by atoms with Crippen molar-refractivity contribution < 1.29 is 0 Å². The van der Waals surface area contributed by atoms with Gasteiger partial charge in [-0.15, -0.1) is 0 Å². The third kappa shape index (κ3) is 1.75. The van der Waals surface area contributed by atoms with Crippen LogP contribution in [0.5, 0.6) is 0 Å². The van der Waals surface area contributed by atoms with Crippen LogP contribution in [0.4, 0.5) is 5.82 Å². The van der Waals surface area contributed by atoms with Crippen molar-refractivity contribution in [2.75, 3.05) is 18.0 Å². The van der Waals surface area contributed by atoms with Crippen molar-refractivity contribution in [1.82, 2.24) is 14.4 Å². The number of anilines is 1. The Kier molecular flexibility index (Phi) is 2.40. The SMILES string of the molecule is c1ccc2c(c1)nc1nc(N3CCCCC3)ccn12. The fraction of sp³-hybridized carbons (Fsp3) is 0.333. The number of hydrogen-bond donors (Lipinski definition) is 0. The molecule has 3 aromatic rings. The molecule has 0 aliphatic carbocycles. The van der Waals surface area contributed by atoms with Crippen LogP contribution in [0.3, 0.4) is 0 Å².